The van der Waals surface area contributed by atoms with E-state index in [0.29, 0.717) is 43.1 Å². The van der Waals surface area contributed by atoms with E-state index < -0.39 is 5.95 Å². The van der Waals surface area contributed by atoms with E-state index in [0.717, 1.165) is 19.4 Å². The van der Waals surface area contributed by atoms with E-state index in [-0.39, 0.29) is 23.6 Å². The van der Waals surface area contributed by atoms with Crippen molar-refractivity contribution >= 4 is 23.2 Å². The number of aromatic nitrogens is 5. The first-order valence-electron chi connectivity index (χ1n) is 10.0. The maximum Gasteiger partial charge on any atom is 0.292 e. The van der Waals surface area contributed by atoms with Crippen molar-refractivity contribution in [2.45, 2.75) is 31.7 Å². The molecule has 0 bridgehead atoms. The zero-order valence-corrected chi connectivity index (χ0v) is 16.2. The van der Waals surface area contributed by atoms with E-state index in [1.54, 1.807) is 27.8 Å². The first-order valence-corrected chi connectivity index (χ1v) is 10.0. The Morgan fingerprint density at radius 2 is 1.97 bits per heavy atom. The Hall–Kier alpha value is -3.43. The largest absolute Gasteiger partial charge is 0.347 e. The second kappa shape index (κ2) is 7.43. The number of rotatable bonds is 3. The third-order valence-electron chi connectivity index (χ3n) is 5.70. The van der Waals surface area contributed by atoms with E-state index in [2.05, 4.69) is 25.1 Å². The van der Waals surface area contributed by atoms with E-state index in [1.165, 1.54) is 6.07 Å². The van der Waals surface area contributed by atoms with E-state index >= 15 is 0 Å². The molecule has 0 N–H and O–H groups in total. The van der Waals surface area contributed by atoms with Crippen LogP contribution in [0.5, 0.6) is 0 Å². The van der Waals surface area contributed by atoms with Gasteiger partial charge in [0.25, 0.3) is 5.91 Å². The van der Waals surface area contributed by atoms with Crippen LogP contribution in [0.15, 0.2) is 30.6 Å². The predicted molar refractivity (Wildman–Crippen MR) is 104 cm³/mol. The lowest BCUT2D eigenvalue weighted by Crippen LogP contribution is -2.39. The molecule has 5 rings (SSSR count). The van der Waals surface area contributed by atoms with Gasteiger partial charge < -0.3 is 9.80 Å². The Bertz CT molecular complexity index is 1120. The average molecular weight is 409 g/mol. The van der Waals surface area contributed by atoms with Crippen LogP contribution in [0.2, 0.25) is 0 Å². The van der Waals surface area contributed by atoms with Crippen molar-refractivity contribution in [2.24, 2.45) is 0 Å². The van der Waals surface area contributed by atoms with Gasteiger partial charge in [-0.2, -0.15) is 4.39 Å². The molecule has 0 unspecified atom stereocenters. The summed E-state index contributed by atoms with van der Waals surface area (Å²) >= 11 is 0. The fourth-order valence-electron chi connectivity index (χ4n) is 4.14. The van der Waals surface area contributed by atoms with Crippen LogP contribution in [0.4, 0.5) is 10.2 Å². The molecule has 0 spiro atoms. The number of anilines is 1. The summed E-state index contributed by atoms with van der Waals surface area (Å²) in [5, 5.41) is 8.12. The molecule has 1 amide bonds. The van der Waals surface area contributed by atoms with Crippen molar-refractivity contribution in [3.8, 4) is 0 Å². The molecule has 9 nitrogen and oxygen atoms in total. The first-order chi connectivity index (χ1) is 14.6. The number of pyridine rings is 1. The summed E-state index contributed by atoms with van der Waals surface area (Å²) in [6.45, 7) is 1.54. The van der Waals surface area contributed by atoms with E-state index in [1.807, 2.05) is 6.07 Å². The van der Waals surface area contributed by atoms with Crippen LogP contribution < -0.4 is 4.90 Å². The molecule has 0 aromatic carbocycles. The fraction of sp³-hybridized carbons (Fsp3) is 0.400. The zero-order valence-electron chi connectivity index (χ0n) is 16.2. The quantitative estimate of drug-likeness (QED) is 0.609. The maximum atomic E-state index is 13.6. The molecule has 2 aliphatic heterocycles. The van der Waals surface area contributed by atoms with E-state index in [4.69, 9.17) is 0 Å². The third-order valence-corrected chi connectivity index (χ3v) is 5.70. The zero-order chi connectivity index (χ0) is 20.7. The summed E-state index contributed by atoms with van der Waals surface area (Å²) in [6.07, 6.45) is 5.82. The van der Waals surface area contributed by atoms with Crippen molar-refractivity contribution in [2.75, 3.05) is 24.5 Å². The van der Waals surface area contributed by atoms with Crippen LogP contribution in [0.3, 0.4) is 0 Å². The van der Waals surface area contributed by atoms with Crippen molar-refractivity contribution in [3.63, 3.8) is 0 Å². The third kappa shape index (κ3) is 3.27. The average Bonchev–Trinajstić information content (AvgIpc) is 3.40. The highest BCUT2D eigenvalue weighted by atomic mass is 19.1. The van der Waals surface area contributed by atoms with Gasteiger partial charge in [0.1, 0.15) is 11.6 Å². The number of fused-ring (bicyclic) bond motifs is 1. The van der Waals surface area contributed by atoms with Gasteiger partial charge in [-0.3, -0.25) is 14.0 Å². The predicted octanol–water partition coefficient (Wildman–Crippen LogP) is 1.80. The van der Waals surface area contributed by atoms with Crippen LogP contribution >= 0.6 is 0 Å². The van der Waals surface area contributed by atoms with Gasteiger partial charge >= 0.3 is 0 Å². The van der Waals surface area contributed by atoms with Crippen molar-refractivity contribution < 1.29 is 14.0 Å². The normalized spacial score (nSPS) is 19.6. The number of amides is 1. The Kier molecular flexibility index (Phi) is 4.61. The number of piperidine rings is 1. The van der Waals surface area contributed by atoms with Crippen LogP contribution in [-0.4, -0.2) is 60.8 Å². The molecule has 0 saturated carbocycles. The highest BCUT2D eigenvalue weighted by molar-refractivity contribution is 5.93. The van der Waals surface area contributed by atoms with Crippen molar-refractivity contribution in [3.05, 3.63) is 48.1 Å². The SMILES string of the molecule is O=C1CCN(C(=O)c2nnc3cnc(N4CCC[C@@H]4c4cccc(F)n4)cn23)CC1. The molecule has 1 atom stereocenters. The summed E-state index contributed by atoms with van der Waals surface area (Å²) < 4.78 is 15.3. The lowest BCUT2D eigenvalue weighted by atomic mass is 10.1. The Labute approximate surface area is 171 Å². The highest BCUT2D eigenvalue weighted by Crippen LogP contribution is 2.34. The smallest absolute Gasteiger partial charge is 0.292 e. The highest BCUT2D eigenvalue weighted by Gasteiger charge is 2.30. The lowest BCUT2D eigenvalue weighted by Gasteiger charge is -2.26. The molecule has 0 radical (unpaired) electrons. The molecule has 30 heavy (non-hydrogen) atoms. The molecule has 3 aromatic rings. The number of carbonyl (C=O) groups excluding carboxylic acids is 2. The number of carbonyl (C=O) groups is 2. The fourth-order valence-corrected chi connectivity index (χ4v) is 4.14. The molecular formula is C20H20FN7O2. The molecular weight excluding hydrogens is 389 g/mol. The minimum atomic E-state index is -0.505. The van der Waals surface area contributed by atoms with Gasteiger partial charge in [0.05, 0.1) is 24.1 Å². The second-order valence-electron chi connectivity index (χ2n) is 7.56. The van der Waals surface area contributed by atoms with Gasteiger partial charge in [0.2, 0.25) is 11.8 Å². The molecule has 5 heterocycles. The number of halogens is 1. The molecule has 0 aliphatic carbocycles. The van der Waals surface area contributed by atoms with Crippen molar-refractivity contribution in [1.82, 2.24) is 29.5 Å². The molecule has 10 heteroatoms. The van der Waals surface area contributed by atoms with Gasteiger partial charge in [-0.25, -0.2) is 9.97 Å². The summed E-state index contributed by atoms with van der Waals surface area (Å²) in [5.74, 6) is 0.260. The van der Waals surface area contributed by atoms with Crippen LogP contribution in [0.1, 0.15) is 48.0 Å². The van der Waals surface area contributed by atoms with Gasteiger partial charge in [-0.15, -0.1) is 10.2 Å². The van der Waals surface area contributed by atoms with Gasteiger partial charge in [0.15, 0.2) is 5.65 Å². The second-order valence-corrected chi connectivity index (χ2v) is 7.56. The monoisotopic (exact) mass is 409 g/mol. The lowest BCUT2D eigenvalue weighted by molar-refractivity contribution is -0.120. The summed E-state index contributed by atoms with van der Waals surface area (Å²) in [4.78, 5) is 36.7. The maximum absolute atomic E-state index is 13.6. The molecule has 154 valence electrons. The number of hydrogen-bond donors (Lipinski definition) is 0. The minimum absolute atomic E-state index is 0.0885. The van der Waals surface area contributed by atoms with Crippen molar-refractivity contribution in [1.29, 1.82) is 0 Å². The van der Waals surface area contributed by atoms with Crippen LogP contribution in [0.25, 0.3) is 5.65 Å². The Balaban J connectivity index is 1.46. The first kappa shape index (κ1) is 18.6. The Morgan fingerprint density at radius 3 is 2.77 bits per heavy atom. The van der Waals surface area contributed by atoms with Crippen LogP contribution in [0, 0.1) is 5.95 Å². The summed E-state index contributed by atoms with van der Waals surface area (Å²) in [7, 11) is 0. The Morgan fingerprint density at radius 1 is 1.13 bits per heavy atom. The van der Waals surface area contributed by atoms with Gasteiger partial charge in [-0.1, -0.05) is 6.07 Å². The molecule has 3 aromatic heterocycles. The van der Waals surface area contributed by atoms with E-state index in [9.17, 15) is 14.0 Å². The number of Topliss-reactive ketones (excluding diaryl/α,β-unsaturated/α-hetero) is 1. The van der Waals surface area contributed by atoms with Gasteiger partial charge in [-0.05, 0) is 25.0 Å². The number of ketones is 1. The molecule has 2 fully saturated rings. The number of nitrogens with zero attached hydrogens (tertiary/aromatic N) is 7. The number of hydrogen-bond acceptors (Lipinski definition) is 7. The topological polar surface area (TPSA) is 96.6 Å². The number of likely N-dealkylation sites (tertiary alicyclic amines) is 1. The molecule has 2 saturated heterocycles. The van der Waals surface area contributed by atoms with Crippen LogP contribution in [-0.2, 0) is 4.79 Å². The standard InChI is InChI=1S/C20H20FN7O2/c21-16-5-1-3-14(23-16)15-4-2-8-27(15)18-12-28-17(11-22-18)24-25-19(28)20(30)26-9-6-13(29)7-10-26/h1,3,5,11-12,15H,2,4,6-10H2/t15-/m1/s1. The molecule has 2 aliphatic rings. The van der Waals surface area contributed by atoms with Gasteiger partial charge in [0, 0.05) is 32.5 Å². The minimum Gasteiger partial charge on any atom is -0.347 e. The summed E-state index contributed by atoms with van der Waals surface area (Å²) in [5.41, 5.74) is 1.13. The summed E-state index contributed by atoms with van der Waals surface area (Å²) in [6, 6.07) is 4.71.